The molecule has 2 aliphatic rings. The van der Waals surface area contributed by atoms with Crippen LogP contribution in [0.1, 0.15) is 32.6 Å². The molecule has 25 heavy (non-hydrogen) atoms. The fraction of sp³-hybridized carbons (Fsp3) is 0.944. The van der Waals surface area contributed by atoms with Gasteiger partial charge in [0.05, 0.1) is 26.4 Å². The molecule has 0 aromatic heterocycles. The molecular weight excluding hydrogens is 431 g/mol. The van der Waals surface area contributed by atoms with Gasteiger partial charge < -0.3 is 24.6 Å². The third kappa shape index (κ3) is 8.88. The molecule has 1 unspecified atom stereocenters. The molecule has 1 N–H and O–H groups in total. The molecule has 0 amide bonds. The topological polar surface area (TPSA) is 49.3 Å². The number of likely N-dealkylation sites (tertiary alicyclic amines) is 2. The maximum absolute atomic E-state index is 5.69. The lowest BCUT2D eigenvalue weighted by atomic mass is 10.1. The van der Waals surface area contributed by atoms with Gasteiger partial charge in [0.2, 0.25) is 0 Å². The highest BCUT2D eigenvalue weighted by atomic mass is 127. The number of methoxy groups -OCH3 is 1. The number of nitrogens with zero attached hydrogens (tertiary/aromatic N) is 3. The summed E-state index contributed by atoms with van der Waals surface area (Å²) in [6, 6.07) is 0. The van der Waals surface area contributed by atoms with Crippen LogP contribution in [0, 0.1) is 5.92 Å². The lowest BCUT2D eigenvalue weighted by Gasteiger charge is -2.26. The first-order valence-electron chi connectivity index (χ1n) is 9.65. The number of nitrogens with one attached hydrogen (secondary N) is 1. The highest BCUT2D eigenvalue weighted by molar-refractivity contribution is 14.0. The zero-order valence-corrected chi connectivity index (χ0v) is 18.4. The van der Waals surface area contributed by atoms with Crippen molar-refractivity contribution in [3.05, 3.63) is 0 Å². The first-order valence-corrected chi connectivity index (χ1v) is 9.65. The SMILES string of the molecule is CCNC(=NCCN1CCCCC1)N1CCC(COCCOC)C1.I. The Bertz CT molecular complexity index is 365. The van der Waals surface area contributed by atoms with Crippen molar-refractivity contribution in [2.24, 2.45) is 10.9 Å². The van der Waals surface area contributed by atoms with Gasteiger partial charge in [-0.15, -0.1) is 24.0 Å². The smallest absolute Gasteiger partial charge is 0.193 e. The minimum Gasteiger partial charge on any atom is -0.382 e. The van der Waals surface area contributed by atoms with E-state index in [0.717, 1.165) is 45.3 Å². The summed E-state index contributed by atoms with van der Waals surface area (Å²) in [6.45, 7) is 11.9. The fourth-order valence-electron chi connectivity index (χ4n) is 3.46. The van der Waals surface area contributed by atoms with E-state index in [-0.39, 0.29) is 24.0 Å². The summed E-state index contributed by atoms with van der Waals surface area (Å²) in [5, 5.41) is 3.46. The molecule has 2 rings (SSSR count). The Morgan fingerprint density at radius 2 is 1.96 bits per heavy atom. The van der Waals surface area contributed by atoms with Crippen LogP contribution in [0.25, 0.3) is 0 Å². The normalized spacial score (nSPS) is 22.1. The average Bonchev–Trinajstić information content (AvgIpc) is 3.08. The van der Waals surface area contributed by atoms with E-state index < -0.39 is 0 Å². The molecule has 0 aromatic carbocycles. The van der Waals surface area contributed by atoms with Crippen molar-refractivity contribution in [2.45, 2.75) is 32.6 Å². The van der Waals surface area contributed by atoms with Crippen LogP contribution in [-0.2, 0) is 9.47 Å². The summed E-state index contributed by atoms with van der Waals surface area (Å²) < 4.78 is 10.7. The van der Waals surface area contributed by atoms with Crippen LogP contribution < -0.4 is 5.32 Å². The summed E-state index contributed by atoms with van der Waals surface area (Å²) in [6.07, 6.45) is 5.27. The third-order valence-electron chi connectivity index (χ3n) is 4.83. The number of guanidine groups is 1. The van der Waals surface area contributed by atoms with Crippen LogP contribution in [0.15, 0.2) is 4.99 Å². The summed E-state index contributed by atoms with van der Waals surface area (Å²) in [4.78, 5) is 9.80. The van der Waals surface area contributed by atoms with E-state index in [9.17, 15) is 0 Å². The van der Waals surface area contributed by atoms with E-state index in [1.807, 2.05) is 0 Å². The van der Waals surface area contributed by atoms with Gasteiger partial charge in [0.15, 0.2) is 5.96 Å². The van der Waals surface area contributed by atoms with Gasteiger partial charge in [-0.1, -0.05) is 6.42 Å². The number of hydrogen-bond acceptors (Lipinski definition) is 4. The van der Waals surface area contributed by atoms with Crippen molar-refractivity contribution in [1.29, 1.82) is 0 Å². The quantitative estimate of drug-likeness (QED) is 0.243. The number of rotatable bonds is 9. The fourth-order valence-corrected chi connectivity index (χ4v) is 3.46. The van der Waals surface area contributed by atoms with Gasteiger partial charge in [-0.3, -0.25) is 4.99 Å². The molecule has 148 valence electrons. The van der Waals surface area contributed by atoms with Gasteiger partial charge in [0.25, 0.3) is 0 Å². The molecule has 7 heteroatoms. The molecule has 0 bridgehead atoms. The first-order chi connectivity index (χ1) is 11.8. The van der Waals surface area contributed by atoms with E-state index in [0.29, 0.717) is 19.1 Å². The highest BCUT2D eigenvalue weighted by Gasteiger charge is 2.25. The minimum absolute atomic E-state index is 0. The number of hydrogen-bond donors (Lipinski definition) is 1. The summed E-state index contributed by atoms with van der Waals surface area (Å²) in [5.74, 6) is 1.68. The van der Waals surface area contributed by atoms with E-state index in [4.69, 9.17) is 14.5 Å². The molecule has 0 saturated carbocycles. The van der Waals surface area contributed by atoms with Crippen molar-refractivity contribution < 1.29 is 9.47 Å². The zero-order valence-electron chi connectivity index (χ0n) is 16.0. The predicted molar refractivity (Wildman–Crippen MR) is 114 cm³/mol. The largest absolute Gasteiger partial charge is 0.382 e. The molecular formula is C18H37IN4O2. The van der Waals surface area contributed by atoms with Crippen LogP contribution in [0.5, 0.6) is 0 Å². The molecule has 0 aromatic rings. The van der Waals surface area contributed by atoms with Gasteiger partial charge in [-0.2, -0.15) is 0 Å². The van der Waals surface area contributed by atoms with Crippen molar-refractivity contribution >= 4 is 29.9 Å². The molecule has 1 atom stereocenters. The monoisotopic (exact) mass is 468 g/mol. The first kappa shape index (κ1) is 22.9. The number of ether oxygens (including phenoxy) is 2. The van der Waals surface area contributed by atoms with Gasteiger partial charge in [0, 0.05) is 39.2 Å². The van der Waals surface area contributed by atoms with Gasteiger partial charge >= 0.3 is 0 Å². The summed E-state index contributed by atoms with van der Waals surface area (Å²) >= 11 is 0. The van der Waals surface area contributed by atoms with Crippen LogP contribution in [0.3, 0.4) is 0 Å². The van der Waals surface area contributed by atoms with Gasteiger partial charge in [0.1, 0.15) is 0 Å². The Balaban J connectivity index is 0.00000312. The molecule has 6 nitrogen and oxygen atoms in total. The maximum Gasteiger partial charge on any atom is 0.193 e. The van der Waals surface area contributed by atoms with E-state index >= 15 is 0 Å². The second kappa shape index (κ2) is 14.0. The number of piperidine rings is 1. The van der Waals surface area contributed by atoms with E-state index in [1.54, 1.807) is 7.11 Å². The lowest BCUT2D eigenvalue weighted by molar-refractivity contribution is 0.0536. The predicted octanol–water partition coefficient (Wildman–Crippen LogP) is 2.04. The number of halogens is 1. The van der Waals surface area contributed by atoms with E-state index in [1.165, 1.54) is 38.8 Å². The van der Waals surface area contributed by atoms with Crippen LogP contribution in [0.2, 0.25) is 0 Å². The Morgan fingerprint density at radius 1 is 1.16 bits per heavy atom. The molecule has 2 fully saturated rings. The molecule has 0 spiro atoms. The van der Waals surface area contributed by atoms with E-state index in [2.05, 4.69) is 22.0 Å². The Kier molecular flexibility index (Phi) is 12.8. The van der Waals surface area contributed by atoms with Crippen LogP contribution in [0.4, 0.5) is 0 Å². The average molecular weight is 468 g/mol. The van der Waals surface area contributed by atoms with Crippen molar-refractivity contribution in [3.8, 4) is 0 Å². The van der Waals surface area contributed by atoms with Crippen molar-refractivity contribution in [2.75, 3.05) is 72.7 Å². The molecule has 2 heterocycles. The third-order valence-corrected chi connectivity index (χ3v) is 4.83. The minimum atomic E-state index is 0. The Hall–Kier alpha value is -0.120. The highest BCUT2D eigenvalue weighted by Crippen LogP contribution is 2.16. The molecule has 0 aliphatic carbocycles. The van der Waals surface area contributed by atoms with Crippen LogP contribution in [-0.4, -0.2) is 88.5 Å². The Morgan fingerprint density at radius 3 is 2.68 bits per heavy atom. The van der Waals surface area contributed by atoms with Crippen molar-refractivity contribution in [3.63, 3.8) is 0 Å². The molecule has 2 saturated heterocycles. The van der Waals surface area contributed by atoms with Crippen molar-refractivity contribution in [1.82, 2.24) is 15.1 Å². The van der Waals surface area contributed by atoms with Gasteiger partial charge in [-0.25, -0.2) is 0 Å². The standard InChI is InChI=1S/C18H36N4O2.HI/c1-3-19-18(20-8-12-21-9-5-4-6-10-21)22-11-7-17(15-22)16-24-14-13-23-2;/h17H,3-16H2,1-2H3,(H,19,20);1H. The Labute approximate surface area is 170 Å². The maximum atomic E-state index is 5.69. The number of aliphatic imine (C=N–C) groups is 1. The molecule has 0 radical (unpaired) electrons. The second-order valence-corrected chi connectivity index (χ2v) is 6.81. The lowest BCUT2D eigenvalue weighted by Crippen LogP contribution is -2.41. The second-order valence-electron chi connectivity index (χ2n) is 6.81. The summed E-state index contributed by atoms with van der Waals surface area (Å²) in [7, 11) is 1.71. The van der Waals surface area contributed by atoms with Crippen LogP contribution >= 0.6 is 24.0 Å². The van der Waals surface area contributed by atoms with Gasteiger partial charge in [-0.05, 0) is 39.3 Å². The molecule has 2 aliphatic heterocycles. The summed E-state index contributed by atoms with van der Waals surface area (Å²) in [5.41, 5.74) is 0. The zero-order chi connectivity index (χ0) is 17.0.